The molecule has 0 N–H and O–H groups in total. The molecule has 3 nitrogen and oxygen atoms in total. The second kappa shape index (κ2) is 8.28. The van der Waals surface area contributed by atoms with Gasteiger partial charge in [-0.1, -0.05) is 49.7 Å². The van der Waals surface area contributed by atoms with Crippen LogP contribution in [0, 0.1) is 5.82 Å². The Morgan fingerprint density at radius 2 is 1.63 bits per heavy atom. The molecule has 0 bridgehead atoms. The SMILES string of the molecule is CC(C)SC1=C(c2ccc(F)cc2)C(=O)N(CCc2ccc(Cl)cc2)C1=O. The summed E-state index contributed by atoms with van der Waals surface area (Å²) in [6.45, 7) is 4.22. The third kappa shape index (κ3) is 4.42. The van der Waals surface area contributed by atoms with Gasteiger partial charge >= 0.3 is 0 Å². The second-order valence-corrected chi connectivity index (χ2v) is 8.54. The molecule has 0 saturated heterocycles. The van der Waals surface area contributed by atoms with Gasteiger partial charge in [0.25, 0.3) is 11.8 Å². The van der Waals surface area contributed by atoms with Crippen LogP contribution in [-0.4, -0.2) is 28.5 Å². The van der Waals surface area contributed by atoms with E-state index in [0.29, 0.717) is 27.5 Å². The molecular weight excluding hydrogens is 385 g/mol. The van der Waals surface area contributed by atoms with Crippen molar-refractivity contribution in [2.24, 2.45) is 0 Å². The zero-order chi connectivity index (χ0) is 19.6. The molecule has 1 aliphatic heterocycles. The van der Waals surface area contributed by atoms with Gasteiger partial charge < -0.3 is 0 Å². The zero-order valence-corrected chi connectivity index (χ0v) is 16.6. The van der Waals surface area contributed by atoms with Crippen LogP contribution >= 0.6 is 23.4 Å². The average molecular weight is 404 g/mol. The van der Waals surface area contributed by atoms with Gasteiger partial charge in [0, 0.05) is 16.8 Å². The van der Waals surface area contributed by atoms with Gasteiger partial charge in [-0.05, 0) is 41.8 Å². The number of amides is 2. The molecule has 1 aliphatic rings. The summed E-state index contributed by atoms with van der Waals surface area (Å²) in [6.07, 6.45) is 0.547. The van der Waals surface area contributed by atoms with E-state index in [4.69, 9.17) is 11.6 Å². The summed E-state index contributed by atoms with van der Waals surface area (Å²) in [4.78, 5) is 27.6. The fraction of sp³-hybridized carbons (Fsp3) is 0.238. The Kier molecular flexibility index (Phi) is 6.02. The van der Waals surface area contributed by atoms with Crippen molar-refractivity contribution in [2.45, 2.75) is 25.5 Å². The number of hydrogen-bond donors (Lipinski definition) is 0. The lowest BCUT2D eigenvalue weighted by molar-refractivity contribution is -0.136. The minimum absolute atomic E-state index is 0.142. The average Bonchev–Trinajstić information content (AvgIpc) is 2.85. The van der Waals surface area contributed by atoms with Crippen LogP contribution in [0.3, 0.4) is 0 Å². The van der Waals surface area contributed by atoms with Crippen molar-refractivity contribution in [1.29, 1.82) is 0 Å². The number of halogens is 2. The Morgan fingerprint density at radius 3 is 2.22 bits per heavy atom. The fourth-order valence-corrected chi connectivity index (χ4v) is 4.00. The fourth-order valence-electron chi connectivity index (χ4n) is 2.87. The molecule has 0 unspecified atom stereocenters. The number of carbonyl (C=O) groups is 2. The first-order valence-corrected chi connectivity index (χ1v) is 9.90. The van der Waals surface area contributed by atoms with E-state index in [0.717, 1.165) is 5.56 Å². The van der Waals surface area contributed by atoms with Crippen molar-refractivity contribution in [1.82, 2.24) is 4.90 Å². The standard InChI is InChI=1S/C21H19ClFNO2S/c1-13(2)27-19-18(15-5-9-17(23)10-6-15)20(25)24(21(19)26)12-11-14-3-7-16(22)8-4-14/h3-10,13H,11-12H2,1-2H3. The highest BCUT2D eigenvalue weighted by atomic mass is 35.5. The van der Waals surface area contributed by atoms with Gasteiger partial charge in [-0.2, -0.15) is 0 Å². The van der Waals surface area contributed by atoms with Crippen LogP contribution in [0.2, 0.25) is 5.02 Å². The van der Waals surface area contributed by atoms with E-state index >= 15 is 0 Å². The van der Waals surface area contributed by atoms with Crippen molar-refractivity contribution in [3.63, 3.8) is 0 Å². The molecule has 0 aromatic heterocycles. The predicted molar refractivity (Wildman–Crippen MR) is 108 cm³/mol. The normalized spacial score (nSPS) is 14.6. The van der Waals surface area contributed by atoms with Crippen LogP contribution in [0.1, 0.15) is 25.0 Å². The minimum atomic E-state index is -0.381. The lowest BCUT2D eigenvalue weighted by atomic mass is 10.1. The summed E-state index contributed by atoms with van der Waals surface area (Å²) >= 11 is 7.26. The first-order valence-electron chi connectivity index (χ1n) is 8.64. The molecule has 140 valence electrons. The van der Waals surface area contributed by atoms with E-state index in [9.17, 15) is 14.0 Å². The van der Waals surface area contributed by atoms with Gasteiger partial charge in [0.05, 0.1) is 10.5 Å². The lowest BCUT2D eigenvalue weighted by Gasteiger charge is -2.15. The quantitative estimate of drug-likeness (QED) is 0.641. The van der Waals surface area contributed by atoms with Gasteiger partial charge in [0.15, 0.2) is 0 Å². The number of nitrogens with zero attached hydrogens (tertiary/aromatic N) is 1. The van der Waals surface area contributed by atoms with E-state index in [1.54, 1.807) is 24.3 Å². The van der Waals surface area contributed by atoms with Crippen molar-refractivity contribution in [3.8, 4) is 0 Å². The summed E-state index contributed by atoms with van der Waals surface area (Å²) < 4.78 is 13.3. The Bertz CT molecular complexity index is 891. The summed E-state index contributed by atoms with van der Waals surface area (Å²) in [6, 6.07) is 13.0. The van der Waals surface area contributed by atoms with Gasteiger partial charge in [0.2, 0.25) is 0 Å². The number of benzene rings is 2. The molecule has 0 atom stereocenters. The first kappa shape index (κ1) is 19.6. The van der Waals surface area contributed by atoms with Crippen molar-refractivity contribution < 1.29 is 14.0 Å². The van der Waals surface area contributed by atoms with Gasteiger partial charge in [-0.3, -0.25) is 14.5 Å². The molecule has 0 fully saturated rings. The summed E-state index contributed by atoms with van der Waals surface area (Å²) in [5.74, 6) is -0.996. The molecule has 0 radical (unpaired) electrons. The molecule has 0 spiro atoms. The largest absolute Gasteiger partial charge is 0.274 e. The molecule has 3 rings (SSSR count). The van der Waals surface area contributed by atoms with E-state index in [1.807, 2.05) is 26.0 Å². The van der Waals surface area contributed by atoms with E-state index < -0.39 is 0 Å². The third-order valence-corrected chi connectivity index (χ3v) is 5.49. The number of imide groups is 1. The van der Waals surface area contributed by atoms with Crippen LogP contribution in [0.25, 0.3) is 5.57 Å². The van der Waals surface area contributed by atoms with Crippen molar-refractivity contribution in [2.75, 3.05) is 6.54 Å². The number of rotatable bonds is 6. The highest BCUT2D eigenvalue weighted by Gasteiger charge is 2.39. The smallest absolute Gasteiger partial charge is 0.268 e. The Morgan fingerprint density at radius 1 is 1.00 bits per heavy atom. The Balaban J connectivity index is 1.86. The highest BCUT2D eigenvalue weighted by Crippen LogP contribution is 2.37. The molecule has 1 heterocycles. The molecule has 2 aromatic carbocycles. The number of thioether (sulfide) groups is 1. The van der Waals surface area contributed by atoms with E-state index in [2.05, 4.69) is 0 Å². The monoisotopic (exact) mass is 403 g/mol. The summed E-state index contributed by atoms with van der Waals surface area (Å²) in [5.41, 5.74) is 1.91. The number of hydrogen-bond acceptors (Lipinski definition) is 3. The summed E-state index contributed by atoms with van der Waals surface area (Å²) in [5, 5.41) is 0.784. The van der Waals surface area contributed by atoms with Crippen molar-refractivity contribution >= 4 is 40.8 Å². The third-order valence-electron chi connectivity index (χ3n) is 4.15. The molecule has 2 amide bonds. The van der Waals surface area contributed by atoms with Crippen molar-refractivity contribution in [3.05, 3.63) is 75.4 Å². The minimum Gasteiger partial charge on any atom is -0.274 e. The maximum Gasteiger partial charge on any atom is 0.268 e. The predicted octanol–water partition coefficient (Wildman–Crippen LogP) is 4.94. The molecule has 0 aliphatic carbocycles. The van der Waals surface area contributed by atoms with E-state index in [1.165, 1.54) is 28.8 Å². The maximum absolute atomic E-state index is 13.3. The van der Waals surface area contributed by atoms with Gasteiger partial charge in [-0.15, -0.1) is 11.8 Å². The van der Waals surface area contributed by atoms with Crippen LogP contribution in [0.5, 0.6) is 0 Å². The molecular formula is C21H19ClFNO2S. The van der Waals surface area contributed by atoms with Gasteiger partial charge in [0.1, 0.15) is 5.82 Å². The van der Waals surface area contributed by atoms with Crippen LogP contribution in [0.15, 0.2) is 53.4 Å². The molecule has 6 heteroatoms. The zero-order valence-electron chi connectivity index (χ0n) is 15.0. The number of carbonyl (C=O) groups excluding carboxylic acids is 2. The molecule has 27 heavy (non-hydrogen) atoms. The van der Waals surface area contributed by atoms with Crippen LogP contribution < -0.4 is 0 Å². The molecule has 2 aromatic rings. The van der Waals surface area contributed by atoms with Crippen LogP contribution in [-0.2, 0) is 16.0 Å². The van der Waals surface area contributed by atoms with E-state index in [-0.39, 0.29) is 29.4 Å². The first-order chi connectivity index (χ1) is 12.9. The maximum atomic E-state index is 13.3. The summed E-state index contributed by atoms with van der Waals surface area (Å²) in [7, 11) is 0. The Hall–Kier alpha value is -2.11. The Labute approximate surface area is 167 Å². The topological polar surface area (TPSA) is 37.4 Å². The lowest BCUT2D eigenvalue weighted by Crippen LogP contribution is -2.33. The second-order valence-electron chi connectivity index (χ2n) is 6.52. The highest BCUT2D eigenvalue weighted by molar-refractivity contribution is 8.04. The molecule has 0 saturated carbocycles. The van der Waals surface area contributed by atoms with Gasteiger partial charge in [-0.25, -0.2) is 4.39 Å². The van der Waals surface area contributed by atoms with Crippen LogP contribution in [0.4, 0.5) is 4.39 Å².